The number of nitrogens with zero attached hydrogens (tertiary/aromatic N) is 1. The molecule has 1 fully saturated rings. The van der Waals surface area contributed by atoms with Crippen LogP contribution in [0.1, 0.15) is 0 Å². The maximum absolute atomic E-state index is 12.7. The van der Waals surface area contributed by atoms with Gasteiger partial charge in [-0.15, -0.1) is 0 Å². The van der Waals surface area contributed by atoms with E-state index in [2.05, 4.69) is 15.9 Å². The number of hydrogen-bond acceptors (Lipinski definition) is 5. The largest absolute Gasteiger partial charge is 0.245 e. The molecule has 0 amide bonds. The zero-order valence-corrected chi connectivity index (χ0v) is 15.8. The van der Waals surface area contributed by atoms with Crippen molar-refractivity contribution < 1.29 is 16.8 Å². The highest BCUT2D eigenvalue weighted by molar-refractivity contribution is 9.10. The van der Waals surface area contributed by atoms with E-state index in [1.807, 2.05) is 0 Å². The molecule has 10 heteroatoms. The minimum Gasteiger partial charge on any atom is -0.227 e. The topological polar surface area (TPSA) is 71.5 Å². The third-order valence-electron chi connectivity index (χ3n) is 3.01. The molecule has 1 heterocycles. The average molecular weight is 435 g/mol. The van der Waals surface area contributed by atoms with E-state index in [0.29, 0.717) is 10.2 Å². The van der Waals surface area contributed by atoms with Crippen molar-refractivity contribution in [2.75, 3.05) is 24.3 Å². The van der Waals surface area contributed by atoms with E-state index in [9.17, 15) is 16.8 Å². The first-order valence-electron chi connectivity index (χ1n) is 5.87. The van der Waals surface area contributed by atoms with Crippen LogP contribution in [-0.2, 0) is 19.9 Å². The Kier molecular flexibility index (Phi) is 5.32. The third kappa shape index (κ3) is 3.76. The standard InChI is InChI=1S/C11H13BrClNO4S3/c1-20(15,16)11-7-19-5-4-14(11)21(17,18)10-3-2-8(12)6-9(10)13/h2-3,6,11H,4-5,7H2,1H3/t11-/m0/s1. The molecule has 1 aromatic rings. The van der Waals surface area contributed by atoms with Gasteiger partial charge in [0.15, 0.2) is 9.84 Å². The van der Waals surface area contributed by atoms with Gasteiger partial charge in [-0.05, 0) is 18.2 Å². The van der Waals surface area contributed by atoms with E-state index >= 15 is 0 Å². The molecule has 1 saturated heterocycles. The van der Waals surface area contributed by atoms with Gasteiger partial charge in [-0.3, -0.25) is 0 Å². The van der Waals surface area contributed by atoms with Crippen LogP contribution in [0.4, 0.5) is 0 Å². The maximum Gasteiger partial charge on any atom is 0.245 e. The summed E-state index contributed by atoms with van der Waals surface area (Å²) in [5.74, 6) is 0.783. The van der Waals surface area contributed by atoms with Gasteiger partial charge in [0, 0.05) is 28.8 Å². The summed E-state index contributed by atoms with van der Waals surface area (Å²) >= 11 is 10.6. The Hall–Kier alpha value is 0.200. The smallest absolute Gasteiger partial charge is 0.227 e. The molecule has 0 aliphatic carbocycles. The van der Waals surface area contributed by atoms with Gasteiger partial charge >= 0.3 is 0 Å². The fourth-order valence-electron chi connectivity index (χ4n) is 1.99. The van der Waals surface area contributed by atoms with Gasteiger partial charge in [0.1, 0.15) is 10.3 Å². The van der Waals surface area contributed by atoms with Crippen LogP contribution in [-0.4, -0.2) is 50.8 Å². The van der Waals surface area contributed by atoms with E-state index in [4.69, 9.17) is 11.6 Å². The van der Waals surface area contributed by atoms with Crippen molar-refractivity contribution in [3.05, 3.63) is 27.7 Å². The first-order valence-corrected chi connectivity index (χ1v) is 11.6. The lowest BCUT2D eigenvalue weighted by atomic mass is 10.4. The van der Waals surface area contributed by atoms with Gasteiger partial charge < -0.3 is 0 Å². The molecular weight excluding hydrogens is 422 g/mol. The first kappa shape index (κ1) is 17.6. The Balaban J connectivity index is 2.51. The fourth-order valence-corrected chi connectivity index (χ4v) is 8.17. The zero-order valence-electron chi connectivity index (χ0n) is 11.0. The monoisotopic (exact) mass is 433 g/mol. The molecule has 1 aliphatic heterocycles. The summed E-state index contributed by atoms with van der Waals surface area (Å²) in [6.45, 7) is 0.150. The number of benzene rings is 1. The van der Waals surface area contributed by atoms with Crippen LogP contribution in [0.25, 0.3) is 0 Å². The van der Waals surface area contributed by atoms with Crippen LogP contribution in [0.15, 0.2) is 27.6 Å². The molecule has 21 heavy (non-hydrogen) atoms. The summed E-state index contributed by atoms with van der Waals surface area (Å²) in [7, 11) is -7.47. The van der Waals surface area contributed by atoms with Crippen molar-refractivity contribution >= 4 is 59.2 Å². The second kappa shape index (κ2) is 6.37. The lowest BCUT2D eigenvalue weighted by Gasteiger charge is -2.33. The van der Waals surface area contributed by atoms with Gasteiger partial charge in [0.05, 0.1) is 5.02 Å². The molecule has 0 aromatic heterocycles. The quantitative estimate of drug-likeness (QED) is 0.729. The van der Waals surface area contributed by atoms with Gasteiger partial charge in [0.25, 0.3) is 0 Å². The third-order valence-corrected chi connectivity index (χ3v) is 8.67. The molecule has 0 bridgehead atoms. The molecule has 0 unspecified atom stereocenters. The molecule has 0 radical (unpaired) electrons. The number of rotatable bonds is 3. The van der Waals surface area contributed by atoms with Gasteiger partial charge in [-0.2, -0.15) is 16.1 Å². The summed E-state index contributed by atoms with van der Waals surface area (Å²) in [5.41, 5.74) is 0. The Morgan fingerprint density at radius 2 is 2.00 bits per heavy atom. The number of halogens is 2. The van der Waals surface area contributed by atoms with Crippen molar-refractivity contribution in [2.45, 2.75) is 10.3 Å². The van der Waals surface area contributed by atoms with Crippen LogP contribution in [0.5, 0.6) is 0 Å². The van der Waals surface area contributed by atoms with E-state index in [1.165, 1.54) is 23.9 Å². The van der Waals surface area contributed by atoms with Crippen LogP contribution < -0.4 is 0 Å². The second-order valence-corrected chi connectivity index (χ2v) is 11.1. The van der Waals surface area contributed by atoms with E-state index < -0.39 is 25.2 Å². The van der Waals surface area contributed by atoms with Gasteiger partial charge in [0.2, 0.25) is 10.0 Å². The highest BCUT2D eigenvalue weighted by atomic mass is 79.9. The summed E-state index contributed by atoms with van der Waals surface area (Å²) in [5, 5.41) is -0.990. The minimum absolute atomic E-state index is 0.0647. The normalized spacial score (nSPS) is 21.4. The van der Waals surface area contributed by atoms with E-state index in [0.717, 1.165) is 10.6 Å². The Morgan fingerprint density at radius 3 is 2.57 bits per heavy atom. The van der Waals surface area contributed by atoms with Crippen LogP contribution in [0.2, 0.25) is 5.02 Å². The molecular formula is C11H13BrClNO4S3. The number of sulfonamides is 1. The number of thioether (sulfide) groups is 1. The van der Waals surface area contributed by atoms with Gasteiger partial charge in [-0.1, -0.05) is 27.5 Å². The van der Waals surface area contributed by atoms with E-state index in [-0.39, 0.29) is 22.2 Å². The van der Waals surface area contributed by atoms with Crippen molar-refractivity contribution in [3.63, 3.8) is 0 Å². The zero-order chi connectivity index (χ0) is 15.8. The van der Waals surface area contributed by atoms with E-state index in [1.54, 1.807) is 6.07 Å². The number of sulfone groups is 1. The Bertz CT molecular complexity index is 751. The van der Waals surface area contributed by atoms with Crippen LogP contribution >= 0.6 is 39.3 Å². The van der Waals surface area contributed by atoms with Crippen LogP contribution in [0, 0.1) is 0 Å². The second-order valence-electron chi connectivity index (χ2n) is 4.55. The minimum atomic E-state index is -3.95. The molecule has 2 rings (SSSR count). The summed E-state index contributed by atoms with van der Waals surface area (Å²) in [4.78, 5) is -0.0760. The van der Waals surface area contributed by atoms with Crippen LogP contribution in [0.3, 0.4) is 0 Å². The molecule has 0 spiro atoms. The molecule has 0 N–H and O–H groups in total. The molecule has 1 atom stereocenters. The SMILES string of the molecule is CS(=O)(=O)[C@H]1CSCCN1S(=O)(=O)c1ccc(Br)cc1Cl. The molecule has 1 aromatic carbocycles. The molecule has 118 valence electrons. The predicted molar refractivity (Wildman–Crippen MR) is 89.0 cm³/mol. The maximum atomic E-state index is 12.7. The summed E-state index contributed by atoms with van der Waals surface area (Å²) in [6, 6.07) is 4.42. The van der Waals surface area contributed by atoms with Crippen molar-refractivity contribution in [2.24, 2.45) is 0 Å². The van der Waals surface area contributed by atoms with Crippen molar-refractivity contribution in [3.8, 4) is 0 Å². The number of hydrogen-bond donors (Lipinski definition) is 0. The highest BCUT2D eigenvalue weighted by Gasteiger charge is 2.40. The fraction of sp³-hybridized carbons (Fsp3) is 0.455. The lowest BCUT2D eigenvalue weighted by Crippen LogP contribution is -2.49. The molecule has 0 saturated carbocycles. The Labute approximate surface area is 142 Å². The molecule has 5 nitrogen and oxygen atoms in total. The predicted octanol–water partition coefficient (Wildman–Crippen LogP) is 2.21. The first-order chi connectivity index (χ1) is 9.64. The summed E-state index contributed by atoms with van der Waals surface area (Å²) in [6.07, 6.45) is 1.05. The molecule has 1 aliphatic rings. The average Bonchev–Trinajstić information content (AvgIpc) is 2.37. The lowest BCUT2D eigenvalue weighted by molar-refractivity contribution is 0.405. The van der Waals surface area contributed by atoms with Gasteiger partial charge in [-0.25, -0.2) is 16.8 Å². The Morgan fingerprint density at radius 1 is 1.33 bits per heavy atom. The van der Waals surface area contributed by atoms with Crippen molar-refractivity contribution in [1.29, 1.82) is 0 Å². The highest BCUT2D eigenvalue weighted by Crippen LogP contribution is 2.32. The van der Waals surface area contributed by atoms with Crippen molar-refractivity contribution in [1.82, 2.24) is 4.31 Å². The summed E-state index contributed by atoms with van der Waals surface area (Å²) < 4.78 is 50.9.